The molecule has 1 aromatic carbocycles. The van der Waals surface area contributed by atoms with E-state index in [1.165, 1.54) is 4.57 Å². The van der Waals surface area contributed by atoms with Gasteiger partial charge in [0.25, 0.3) is 0 Å². The van der Waals surface area contributed by atoms with Gasteiger partial charge in [0.05, 0.1) is 18.7 Å². The van der Waals surface area contributed by atoms with E-state index in [2.05, 4.69) is 0 Å². The number of ether oxygens (including phenoxy) is 1. The molecule has 0 atom stereocenters. The zero-order chi connectivity index (χ0) is 15.2. The topological polar surface area (TPSA) is 68.5 Å². The largest absolute Gasteiger partial charge is 0.481 e. The molecule has 0 unspecified atom stereocenters. The lowest BCUT2D eigenvalue weighted by Crippen LogP contribution is -2.16. The fraction of sp³-hybridized carbons (Fsp3) is 0.333. The minimum absolute atomic E-state index is 0.0600. The van der Waals surface area contributed by atoms with Gasteiger partial charge < -0.3 is 9.84 Å². The van der Waals surface area contributed by atoms with E-state index in [0.717, 1.165) is 34.6 Å². The quantitative estimate of drug-likeness (QED) is 0.852. The fourth-order valence-corrected chi connectivity index (χ4v) is 2.83. The first-order chi connectivity index (χ1) is 10.1. The Labute approximate surface area is 126 Å². The van der Waals surface area contributed by atoms with Gasteiger partial charge in [0.2, 0.25) is 0 Å². The second kappa shape index (κ2) is 7.19. The van der Waals surface area contributed by atoms with Gasteiger partial charge in [0.1, 0.15) is 0 Å². The van der Waals surface area contributed by atoms with Crippen molar-refractivity contribution >= 4 is 17.3 Å². The summed E-state index contributed by atoms with van der Waals surface area (Å²) in [5.41, 5.74) is 2.85. The van der Waals surface area contributed by atoms with Crippen molar-refractivity contribution in [3.8, 4) is 11.3 Å². The van der Waals surface area contributed by atoms with Gasteiger partial charge in [-0.1, -0.05) is 35.6 Å². The Hall–Kier alpha value is -1.92. The molecule has 1 aromatic heterocycles. The number of aromatic nitrogens is 1. The van der Waals surface area contributed by atoms with Crippen LogP contribution in [0.15, 0.2) is 34.4 Å². The second-order valence-electron chi connectivity index (χ2n) is 4.62. The van der Waals surface area contributed by atoms with Crippen LogP contribution in [-0.4, -0.2) is 29.4 Å². The van der Waals surface area contributed by atoms with Gasteiger partial charge in [0, 0.05) is 19.0 Å². The highest BCUT2D eigenvalue weighted by Gasteiger charge is 2.10. The van der Waals surface area contributed by atoms with E-state index in [1.807, 2.05) is 24.3 Å². The van der Waals surface area contributed by atoms with Gasteiger partial charge in [-0.15, -0.1) is 0 Å². The van der Waals surface area contributed by atoms with Crippen molar-refractivity contribution in [2.75, 3.05) is 13.7 Å². The molecule has 1 N–H and O–H groups in total. The number of rotatable bonds is 7. The molecule has 0 aliphatic heterocycles. The highest BCUT2D eigenvalue weighted by Crippen LogP contribution is 2.21. The summed E-state index contributed by atoms with van der Waals surface area (Å²) in [7, 11) is 1.67. The molecule has 0 fully saturated rings. The lowest BCUT2D eigenvalue weighted by Gasteiger charge is -2.07. The number of benzene rings is 1. The van der Waals surface area contributed by atoms with Gasteiger partial charge in [-0.2, -0.15) is 0 Å². The third kappa shape index (κ3) is 4.03. The Balaban J connectivity index is 2.21. The minimum atomic E-state index is -0.908. The van der Waals surface area contributed by atoms with E-state index in [4.69, 9.17) is 9.84 Å². The van der Waals surface area contributed by atoms with Gasteiger partial charge >= 0.3 is 10.8 Å². The standard InChI is InChI=1S/C15H17NO4S/c1-20-9-7-11-2-4-12(5-3-11)13-10-21-15(19)16(13)8-6-14(17)18/h2-5,10H,6-9H2,1H3,(H,17,18). The van der Waals surface area contributed by atoms with Crippen LogP contribution in [-0.2, 0) is 22.5 Å². The second-order valence-corrected chi connectivity index (χ2v) is 5.44. The summed E-state index contributed by atoms with van der Waals surface area (Å²) in [5.74, 6) is -0.908. The molecular formula is C15H17NO4S. The molecule has 21 heavy (non-hydrogen) atoms. The summed E-state index contributed by atoms with van der Waals surface area (Å²) in [4.78, 5) is 22.4. The molecule has 0 saturated carbocycles. The zero-order valence-corrected chi connectivity index (χ0v) is 12.6. The maximum Gasteiger partial charge on any atom is 0.307 e. The van der Waals surface area contributed by atoms with Crippen molar-refractivity contribution in [1.82, 2.24) is 4.57 Å². The molecule has 0 radical (unpaired) electrons. The lowest BCUT2D eigenvalue weighted by molar-refractivity contribution is -0.137. The van der Waals surface area contributed by atoms with Crippen molar-refractivity contribution < 1.29 is 14.6 Å². The summed E-state index contributed by atoms with van der Waals surface area (Å²) in [5, 5.41) is 10.5. The van der Waals surface area contributed by atoms with Crippen LogP contribution in [0, 0.1) is 0 Å². The van der Waals surface area contributed by atoms with Gasteiger partial charge in [-0.25, -0.2) is 0 Å². The third-order valence-electron chi connectivity index (χ3n) is 3.18. The first-order valence-electron chi connectivity index (χ1n) is 6.60. The number of nitrogens with zero attached hydrogens (tertiary/aromatic N) is 1. The highest BCUT2D eigenvalue weighted by atomic mass is 32.1. The monoisotopic (exact) mass is 307 g/mol. The van der Waals surface area contributed by atoms with Crippen molar-refractivity contribution in [2.24, 2.45) is 0 Å². The van der Waals surface area contributed by atoms with E-state index < -0.39 is 5.97 Å². The number of carboxylic acids is 1. The molecule has 6 heteroatoms. The number of aliphatic carboxylic acids is 1. The number of carboxylic acid groups (broad SMARTS) is 1. The highest BCUT2D eigenvalue weighted by molar-refractivity contribution is 7.07. The molecule has 2 rings (SSSR count). The van der Waals surface area contributed by atoms with Crippen molar-refractivity contribution in [1.29, 1.82) is 0 Å². The van der Waals surface area contributed by atoms with Gasteiger partial charge in [-0.05, 0) is 17.5 Å². The summed E-state index contributed by atoms with van der Waals surface area (Å²) < 4.78 is 6.55. The van der Waals surface area contributed by atoms with Crippen LogP contribution >= 0.6 is 11.3 Å². The molecule has 1 heterocycles. The first kappa shape index (κ1) is 15.5. The molecule has 2 aromatic rings. The Kier molecular flexibility index (Phi) is 5.30. The van der Waals surface area contributed by atoms with Gasteiger partial charge in [-0.3, -0.25) is 14.2 Å². The number of thiazole rings is 1. The summed E-state index contributed by atoms with van der Waals surface area (Å²) in [6.07, 6.45) is 0.780. The lowest BCUT2D eigenvalue weighted by atomic mass is 10.1. The van der Waals surface area contributed by atoms with Crippen LogP contribution in [0.3, 0.4) is 0 Å². The van der Waals surface area contributed by atoms with Crippen molar-refractivity contribution in [3.63, 3.8) is 0 Å². The van der Waals surface area contributed by atoms with Crippen LogP contribution in [0.25, 0.3) is 11.3 Å². The number of hydrogen-bond donors (Lipinski definition) is 1. The van der Waals surface area contributed by atoms with Crippen LogP contribution in [0.5, 0.6) is 0 Å². The molecule has 5 nitrogen and oxygen atoms in total. The molecule has 112 valence electrons. The van der Waals surface area contributed by atoms with Crippen LogP contribution in [0.1, 0.15) is 12.0 Å². The van der Waals surface area contributed by atoms with Crippen molar-refractivity contribution in [3.05, 3.63) is 44.9 Å². The number of carbonyl (C=O) groups is 1. The molecule has 0 amide bonds. The van der Waals surface area contributed by atoms with Crippen molar-refractivity contribution in [2.45, 2.75) is 19.4 Å². The number of methoxy groups -OCH3 is 1. The smallest absolute Gasteiger partial charge is 0.307 e. The Morgan fingerprint density at radius 2 is 2.05 bits per heavy atom. The molecule has 0 aliphatic carbocycles. The summed E-state index contributed by atoms with van der Waals surface area (Å²) >= 11 is 1.09. The maximum absolute atomic E-state index is 11.8. The predicted octanol–water partition coefficient (Wildman–Crippen LogP) is 2.24. The molecule has 0 aliphatic rings. The molecule has 0 spiro atoms. The average Bonchev–Trinajstić information content (AvgIpc) is 2.84. The van der Waals surface area contributed by atoms with E-state index >= 15 is 0 Å². The Bertz CT molecular complexity index is 657. The Morgan fingerprint density at radius 1 is 1.33 bits per heavy atom. The summed E-state index contributed by atoms with van der Waals surface area (Å²) in [6.45, 7) is 0.861. The molecular weight excluding hydrogens is 290 g/mol. The van der Waals surface area contributed by atoms with E-state index in [0.29, 0.717) is 6.61 Å². The first-order valence-corrected chi connectivity index (χ1v) is 7.48. The Morgan fingerprint density at radius 3 is 2.67 bits per heavy atom. The summed E-state index contributed by atoms with van der Waals surface area (Å²) in [6, 6.07) is 7.89. The third-order valence-corrected chi connectivity index (χ3v) is 3.94. The maximum atomic E-state index is 11.8. The van der Waals surface area contributed by atoms with E-state index in [1.54, 1.807) is 12.5 Å². The van der Waals surface area contributed by atoms with Crippen LogP contribution < -0.4 is 4.87 Å². The van der Waals surface area contributed by atoms with Crippen LogP contribution in [0.2, 0.25) is 0 Å². The zero-order valence-electron chi connectivity index (χ0n) is 11.7. The van der Waals surface area contributed by atoms with E-state index in [-0.39, 0.29) is 17.8 Å². The van der Waals surface area contributed by atoms with Crippen LogP contribution in [0.4, 0.5) is 0 Å². The number of hydrogen-bond acceptors (Lipinski definition) is 4. The normalized spacial score (nSPS) is 10.7. The SMILES string of the molecule is COCCc1ccc(-c2csc(=O)n2CCC(=O)O)cc1. The fourth-order valence-electron chi connectivity index (χ4n) is 2.04. The average molecular weight is 307 g/mol. The minimum Gasteiger partial charge on any atom is -0.481 e. The molecule has 0 saturated heterocycles. The predicted molar refractivity (Wildman–Crippen MR) is 81.8 cm³/mol. The van der Waals surface area contributed by atoms with E-state index in [9.17, 15) is 9.59 Å². The molecule has 0 bridgehead atoms. The van der Waals surface area contributed by atoms with Gasteiger partial charge in [0.15, 0.2) is 0 Å².